The molecule has 0 N–H and O–H groups in total. The van der Waals surface area contributed by atoms with E-state index in [-0.39, 0.29) is 29.7 Å². The number of hydrogen-bond donors (Lipinski definition) is 0. The Morgan fingerprint density at radius 3 is 0.432 bits per heavy atom. The van der Waals surface area contributed by atoms with Gasteiger partial charge in [0.25, 0.3) is 0 Å². The van der Waals surface area contributed by atoms with Crippen LogP contribution in [0, 0.1) is 11.8 Å². The van der Waals surface area contributed by atoms with Gasteiger partial charge in [-0.05, 0) is 11.8 Å². The van der Waals surface area contributed by atoms with Crippen LogP contribution in [0.4, 0.5) is 0 Å². The molecule has 0 heterocycles. The van der Waals surface area contributed by atoms with Crippen molar-refractivity contribution in [2.45, 2.75) is 283 Å². The fourth-order valence-electron chi connectivity index (χ4n) is 2.51. The molecule has 2 fully saturated rings. The highest BCUT2D eigenvalue weighted by molar-refractivity contribution is 4.67. The van der Waals surface area contributed by atoms with Crippen molar-refractivity contribution in [3.8, 4) is 0 Å². The lowest BCUT2D eigenvalue weighted by Crippen LogP contribution is -2.08. The van der Waals surface area contributed by atoms with Gasteiger partial charge < -0.3 is 0 Å². The Morgan fingerprint density at radius 2 is 0.432 bits per heavy atom. The monoisotopic (exact) mass is 641 g/mol. The fourth-order valence-corrected chi connectivity index (χ4v) is 2.51. The van der Waals surface area contributed by atoms with Crippen LogP contribution < -0.4 is 0 Å². The van der Waals surface area contributed by atoms with E-state index >= 15 is 0 Å². The van der Waals surface area contributed by atoms with Crippen LogP contribution in [0.25, 0.3) is 0 Å². The SMILES string of the molecule is C.C.C.C.CCC.CCC.CCC.CCC.CCC.CCC.CCC1CCC1.CCC1CCC1.CCCCC.CCCCC. The fraction of sp³-hybridized carbons (Fsp3) is 1.00. The summed E-state index contributed by atoms with van der Waals surface area (Å²) in [5, 5.41) is 0. The van der Waals surface area contributed by atoms with E-state index in [1.54, 1.807) is 0 Å². The zero-order valence-electron chi connectivity index (χ0n) is 33.3. The number of unbranched alkanes of at least 4 members (excludes halogenated alkanes) is 4. The first-order valence-corrected chi connectivity index (χ1v) is 19.2. The second-order valence-corrected chi connectivity index (χ2v) is 11.4. The summed E-state index contributed by atoms with van der Waals surface area (Å²) in [5.74, 6) is 2.23. The molecule has 44 heavy (non-hydrogen) atoms. The Labute approximate surface area is 293 Å². The molecule has 0 aromatic carbocycles. The molecule has 0 heteroatoms. The van der Waals surface area contributed by atoms with E-state index in [1.165, 1.54) is 128 Å². The summed E-state index contributed by atoms with van der Waals surface area (Å²) < 4.78 is 0. The molecular formula is C44H112. The smallest absolute Gasteiger partial charge is 0.0417 e. The van der Waals surface area contributed by atoms with Crippen LogP contribution in [-0.2, 0) is 0 Å². The van der Waals surface area contributed by atoms with Crippen molar-refractivity contribution >= 4 is 0 Å². The zero-order valence-corrected chi connectivity index (χ0v) is 33.3. The normalized spacial score (nSPS) is 10.8. The molecule has 0 amide bonds. The van der Waals surface area contributed by atoms with Crippen LogP contribution in [0.15, 0.2) is 0 Å². The average Bonchev–Trinajstić information content (AvgIpc) is 2.83. The number of hydrogen-bond acceptors (Lipinski definition) is 0. The molecule has 2 rings (SSSR count). The molecule has 0 aliphatic heterocycles. The molecular weight excluding hydrogens is 528 g/mol. The van der Waals surface area contributed by atoms with Gasteiger partial charge in [-0.25, -0.2) is 0 Å². The van der Waals surface area contributed by atoms with Gasteiger partial charge in [0, 0.05) is 0 Å². The highest BCUT2D eigenvalue weighted by Gasteiger charge is 2.13. The van der Waals surface area contributed by atoms with E-state index in [1.807, 2.05) is 0 Å². The minimum atomic E-state index is 0. The van der Waals surface area contributed by atoms with Crippen LogP contribution in [0.2, 0.25) is 0 Å². The molecule has 2 aliphatic rings. The van der Waals surface area contributed by atoms with Gasteiger partial charge in [-0.3, -0.25) is 0 Å². The lowest BCUT2D eigenvalue weighted by molar-refractivity contribution is 0.307. The summed E-state index contributed by atoms with van der Waals surface area (Å²) in [7, 11) is 0. The standard InChI is InChI=1S/2C6H12.2C5H12.6C3H8.4CH4/c2*1-2-6-4-3-5-6;2*1-3-5-4-2;6*1-3-2;;;;/h2*6H,2-5H2,1H3;2*3-5H2,1-2H3;6*3H2,1-2H3;4*1H4. The molecule has 2 saturated carbocycles. The molecule has 0 aromatic rings. The first-order valence-electron chi connectivity index (χ1n) is 19.2. The first-order chi connectivity index (χ1) is 19.2. The van der Waals surface area contributed by atoms with E-state index in [9.17, 15) is 0 Å². The Morgan fingerprint density at radius 1 is 0.295 bits per heavy atom. The summed E-state index contributed by atoms with van der Waals surface area (Å²) in [6.07, 6.45) is 27.5. The minimum absolute atomic E-state index is 0. The maximum atomic E-state index is 2.28. The van der Waals surface area contributed by atoms with Crippen molar-refractivity contribution in [2.75, 3.05) is 0 Å². The van der Waals surface area contributed by atoms with E-state index in [0.29, 0.717) is 0 Å². The molecule has 2 aliphatic carbocycles. The molecule has 288 valence electrons. The summed E-state index contributed by atoms with van der Waals surface area (Å²) in [6, 6.07) is 0. The topological polar surface area (TPSA) is 0 Å². The largest absolute Gasteiger partial charge is 0.0776 e. The molecule has 0 bridgehead atoms. The van der Waals surface area contributed by atoms with Crippen molar-refractivity contribution in [1.82, 2.24) is 0 Å². The van der Waals surface area contributed by atoms with Crippen molar-refractivity contribution in [2.24, 2.45) is 11.8 Å². The van der Waals surface area contributed by atoms with Crippen LogP contribution in [0.3, 0.4) is 0 Å². The summed E-state index contributed by atoms with van der Waals surface area (Å²) >= 11 is 0. The Kier molecular flexibility index (Phi) is 203. The predicted molar refractivity (Wildman–Crippen MR) is 228 cm³/mol. The summed E-state index contributed by atoms with van der Waals surface area (Å²) in [6.45, 7) is 38.9. The van der Waals surface area contributed by atoms with Gasteiger partial charge in [-0.2, -0.15) is 0 Å². The van der Waals surface area contributed by atoms with Gasteiger partial charge >= 0.3 is 0 Å². The van der Waals surface area contributed by atoms with Gasteiger partial charge in [0.1, 0.15) is 0 Å². The molecule has 0 spiro atoms. The van der Waals surface area contributed by atoms with Crippen molar-refractivity contribution in [3.05, 3.63) is 0 Å². The molecule has 0 nitrogen and oxygen atoms in total. The summed E-state index contributed by atoms with van der Waals surface area (Å²) in [5.41, 5.74) is 0. The second kappa shape index (κ2) is 112. The highest BCUT2D eigenvalue weighted by Crippen LogP contribution is 2.28. The van der Waals surface area contributed by atoms with Crippen molar-refractivity contribution in [1.29, 1.82) is 0 Å². The van der Waals surface area contributed by atoms with E-state index in [0.717, 1.165) is 11.8 Å². The third-order valence-electron chi connectivity index (χ3n) is 5.02. The Bertz CT molecular complexity index is 191. The van der Waals surface area contributed by atoms with Crippen LogP contribution >= 0.6 is 0 Å². The predicted octanol–water partition coefficient (Wildman–Crippen LogP) is 19.8. The molecule has 0 unspecified atom stereocenters. The number of rotatable bonds is 6. The van der Waals surface area contributed by atoms with Gasteiger partial charge in [-0.15, -0.1) is 0 Å². The zero-order chi connectivity index (χ0) is 33.3. The van der Waals surface area contributed by atoms with E-state index < -0.39 is 0 Å². The Hall–Kier alpha value is 0. The summed E-state index contributed by atoms with van der Waals surface area (Å²) in [4.78, 5) is 0. The minimum Gasteiger partial charge on any atom is -0.0776 e. The van der Waals surface area contributed by atoms with Gasteiger partial charge in [0.15, 0.2) is 0 Å². The maximum absolute atomic E-state index is 2.28. The lowest BCUT2D eigenvalue weighted by atomic mass is 9.84. The average molecular weight is 641 g/mol. The van der Waals surface area contributed by atoms with Crippen molar-refractivity contribution in [3.63, 3.8) is 0 Å². The third-order valence-corrected chi connectivity index (χ3v) is 5.02. The third kappa shape index (κ3) is 177. The van der Waals surface area contributed by atoms with Gasteiger partial charge in [0.05, 0.1) is 0 Å². The molecule has 0 radical (unpaired) electrons. The van der Waals surface area contributed by atoms with Crippen LogP contribution in [0.5, 0.6) is 0 Å². The van der Waals surface area contributed by atoms with Crippen LogP contribution in [-0.4, -0.2) is 0 Å². The van der Waals surface area contributed by atoms with E-state index in [2.05, 4.69) is 125 Å². The van der Waals surface area contributed by atoms with Crippen LogP contribution in [0.1, 0.15) is 283 Å². The van der Waals surface area contributed by atoms with Crippen molar-refractivity contribution < 1.29 is 0 Å². The molecule has 0 atom stereocenters. The first kappa shape index (κ1) is 79.4. The molecule has 0 aromatic heterocycles. The Balaban J connectivity index is -0.0000000260. The maximum Gasteiger partial charge on any atom is -0.0417 e. The highest BCUT2D eigenvalue weighted by atomic mass is 14.2. The quantitative estimate of drug-likeness (QED) is 0.271. The second-order valence-electron chi connectivity index (χ2n) is 11.4. The lowest BCUT2D eigenvalue weighted by Gasteiger charge is -2.22. The van der Waals surface area contributed by atoms with E-state index in [4.69, 9.17) is 0 Å². The molecule has 0 saturated heterocycles. The van der Waals surface area contributed by atoms with Gasteiger partial charge in [0.2, 0.25) is 0 Å². The van der Waals surface area contributed by atoms with Gasteiger partial charge in [-0.1, -0.05) is 283 Å².